The molecule has 2 aliphatic rings. The fourth-order valence-electron chi connectivity index (χ4n) is 3.57. The zero-order chi connectivity index (χ0) is 18.1. The Labute approximate surface area is 146 Å². The van der Waals surface area contributed by atoms with E-state index in [0.29, 0.717) is 30.8 Å². The van der Waals surface area contributed by atoms with E-state index in [1.807, 2.05) is 13.0 Å². The number of nitrogens with one attached hydrogen (secondary N) is 1. The van der Waals surface area contributed by atoms with Crippen LogP contribution in [0.3, 0.4) is 0 Å². The number of amides is 3. The average molecular weight is 345 g/mol. The van der Waals surface area contributed by atoms with Gasteiger partial charge >= 0.3 is 12.0 Å². The van der Waals surface area contributed by atoms with Crippen molar-refractivity contribution < 1.29 is 19.5 Å². The highest BCUT2D eigenvalue weighted by atomic mass is 16.4. The van der Waals surface area contributed by atoms with Crippen LogP contribution in [0.15, 0.2) is 18.2 Å². The van der Waals surface area contributed by atoms with Crippen LogP contribution >= 0.6 is 0 Å². The summed E-state index contributed by atoms with van der Waals surface area (Å²) in [7, 11) is 1.76. The molecule has 2 unspecified atom stereocenters. The number of likely N-dealkylation sites (tertiary alicyclic amines) is 1. The number of urea groups is 1. The van der Waals surface area contributed by atoms with Crippen LogP contribution in [0.2, 0.25) is 0 Å². The first kappa shape index (κ1) is 17.3. The van der Waals surface area contributed by atoms with E-state index < -0.39 is 11.9 Å². The summed E-state index contributed by atoms with van der Waals surface area (Å²) in [6.07, 6.45) is 1.38. The minimum absolute atomic E-state index is 0.0464. The third kappa shape index (κ3) is 3.60. The lowest BCUT2D eigenvalue weighted by Crippen LogP contribution is -2.47. The van der Waals surface area contributed by atoms with Crippen LogP contribution in [0.25, 0.3) is 0 Å². The zero-order valence-electron chi connectivity index (χ0n) is 14.5. The second-order valence-electron chi connectivity index (χ2n) is 7.06. The van der Waals surface area contributed by atoms with Crippen LogP contribution in [-0.2, 0) is 11.2 Å². The Morgan fingerprint density at radius 1 is 1.28 bits per heavy atom. The first-order chi connectivity index (χ1) is 11.8. The second-order valence-corrected chi connectivity index (χ2v) is 7.06. The van der Waals surface area contributed by atoms with Gasteiger partial charge in [-0.05, 0) is 36.5 Å². The quantitative estimate of drug-likeness (QED) is 0.856. The smallest absolute Gasteiger partial charge is 0.321 e. The highest BCUT2D eigenvalue weighted by Crippen LogP contribution is 2.24. The molecule has 3 amide bonds. The molecular formula is C18H23N3O4. The van der Waals surface area contributed by atoms with Crippen LogP contribution in [0.5, 0.6) is 0 Å². The van der Waals surface area contributed by atoms with Crippen LogP contribution < -0.4 is 5.32 Å². The van der Waals surface area contributed by atoms with Gasteiger partial charge in [0.05, 0.1) is 5.92 Å². The molecule has 3 rings (SSSR count). The number of carboxylic acid groups (broad SMARTS) is 1. The SMILES string of the molecule is CC1CC(C(=O)O)CN(C(=O)Nc2ccc3c(c2)C(=O)N(C)CC3)C1. The number of carboxylic acids is 1. The second kappa shape index (κ2) is 6.74. The summed E-state index contributed by atoms with van der Waals surface area (Å²) in [4.78, 5) is 39.2. The van der Waals surface area contributed by atoms with Gasteiger partial charge < -0.3 is 20.2 Å². The maximum absolute atomic E-state index is 12.5. The van der Waals surface area contributed by atoms with Crippen molar-refractivity contribution in [3.8, 4) is 0 Å². The maximum atomic E-state index is 12.5. The molecule has 7 heteroatoms. The molecule has 0 bridgehead atoms. The van der Waals surface area contributed by atoms with Gasteiger partial charge in [0.1, 0.15) is 0 Å². The van der Waals surface area contributed by atoms with Gasteiger partial charge in [-0.15, -0.1) is 0 Å². The molecule has 0 aromatic heterocycles. The summed E-state index contributed by atoms with van der Waals surface area (Å²) in [5, 5.41) is 12.0. The van der Waals surface area contributed by atoms with Gasteiger partial charge in [-0.1, -0.05) is 13.0 Å². The average Bonchev–Trinajstić information content (AvgIpc) is 2.58. The number of carbonyl (C=O) groups is 3. The molecule has 1 fully saturated rings. The minimum atomic E-state index is -0.869. The maximum Gasteiger partial charge on any atom is 0.321 e. The first-order valence-corrected chi connectivity index (χ1v) is 8.52. The molecule has 7 nitrogen and oxygen atoms in total. The number of benzene rings is 1. The number of nitrogens with zero attached hydrogens (tertiary/aromatic N) is 2. The molecule has 2 heterocycles. The fourth-order valence-corrected chi connectivity index (χ4v) is 3.57. The van der Waals surface area contributed by atoms with Crippen LogP contribution in [-0.4, -0.2) is 59.5 Å². The van der Waals surface area contributed by atoms with Crippen molar-refractivity contribution in [2.45, 2.75) is 19.8 Å². The molecule has 0 saturated carbocycles. The summed E-state index contributed by atoms with van der Waals surface area (Å²) in [6, 6.07) is 5.04. The van der Waals surface area contributed by atoms with Crippen molar-refractivity contribution in [2.24, 2.45) is 11.8 Å². The Morgan fingerprint density at radius 2 is 2.04 bits per heavy atom. The third-order valence-electron chi connectivity index (χ3n) is 4.95. The van der Waals surface area contributed by atoms with Gasteiger partial charge in [-0.25, -0.2) is 4.79 Å². The summed E-state index contributed by atoms with van der Waals surface area (Å²) in [5.74, 6) is -1.31. The molecule has 0 radical (unpaired) electrons. The van der Waals surface area contributed by atoms with Crippen molar-refractivity contribution in [1.82, 2.24) is 9.80 Å². The fraction of sp³-hybridized carbons (Fsp3) is 0.500. The Balaban J connectivity index is 1.73. The van der Waals surface area contributed by atoms with Gasteiger partial charge in [0, 0.05) is 37.9 Å². The minimum Gasteiger partial charge on any atom is -0.481 e. The van der Waals surface area contributed by atoms with E-state index in [1.165, 1.54) is 0 Å². The molecule has 2 aliphatic heterocycles. The predicted molar refractivity (Wildman–Crippen MR) is 92.6 cm³/mol. The Hall–Kier alpha value is -2.57. The summed E-state index contributed by atoms with van der Waals surface area (Å²) in [6.45, 7) is 3.38. The highest BCUT2D eigenvalue weighted by Gasteiger charge is 2.32. The lowest BCUT2D eigenvalue weighted by atomic mass is 9.91. The molecule has 0 aliphatic carbocycles. The molecule has 2 N–H and O–H groups in total. The predicted octanol–water partition coefficient (Wildman–Crippen LogP) is 1.89. The van der Waals surface area contributed by atoms with Crippen LogP contribution in [0, 0.1) is 11.8 Å². The number of piperidine rings is 1. The molecular weight excluding hydrogens is 322 g/mol. The Kier molecular flexibility index (Phi) is 4.65. The molecule has 1 aromatic carbocycles. The van der Waals surface area contributed by atoms with E-state index in [1.54, 1.807) is 29.0 Å². The largest absolute Gasteiger partial charge is 0.481 e. The molecule has 1 saturated heterocycles. The number of hydrogen-bond acceptors (Lipinski definition) is 3. The van der Waals surface area contributed by atoms with Crippen molar-refractivity contribution in [3.05, 3.63) is 29.3 Å². The molecule has 1 aromatic rings. The van der Waals surface area contributed by atoms with E-state index in [0.717, 1.165) is 12.0 Å². The Bertz CT molecular complexity index is 718. The van der Waals surface area contributed by atoms with Gasteiger partial charge in [-0.3, -0.25) is 9.59 Å². The van der Waals surface area contributed by atoms with Crippen LogP contribution in [0.4, 0.5) is 10.5 Å². The first-order valence-electron chi connectivity index (χ1n) is 8.52. The Morgan fingerprint density at radius 3 is 2.76 bits per heavy atom. The molecule has 2 atom stereocenters. The number of anilines is 1. The van der Waals surface area contributed by atoms with Crippen molar-refractivity contribution in [2.75, 3.05) is 32.0 Å². The van der Waals surface area contributed by atoms with Gasteiger partial charge in [-0.2, -0.15) is 0 Å². The monoisotopic (exact) mass is 345 g/mol. The van der Waals surface area contributed by atoms with E-state index >= 15 is 0 Å². The molecule has 134 valence electrons. The van der Waals surface area contributed by atoms with Crippen LogP contribution in [0.1, 0.15) is 29.3 Å². The number of aliphatic carboxylic acids is 1. The van der Waals surface area contributed by atoms with Gasteiger partial charge in [0.15, 0.2) is 0 Å². The van der Waals surface area contributed by atoms with Gasteiger partial charge in [0.25, 0.3) is 5.91 Å². The van der Waals surface area contributed by atoms with E-state index in [4.69, 9.17) is 0 Å². The molecule has 25 heavy (non-hydrogen) atoms. The van der Waals surface area contributed by atoms with E-state index in [-0.39, 0.29) is 24.4 Å². The summed E-state index contributed by atoms with van der Waals surface area (Å²) in [5.41, 5.74) is 2.15. The number of carbonyl (C=O) groups excluding carboxylic acids is 2. The highest BCUT2D eigenvalue weighted by molar-refractivity contribution is 5.99. The summed E-state index contributed by atoms with van der Waals surface area (Å²) >= 11 is 0. The standard InChI is InChI=1S/C18H23N3O4/c1-11-7-13(17(23)24)10-21(9-11)18(25)19-14-4-3-12-5-6-20(2)16(22)15(12)8-14/h3-4,8,11,13H,5-7,9-10H2,1-2H3,(H,19,25)(H,23,24). The van der Waals surface area contributed by atoms with Crippen molar-refractivity contribution in [1.29, 1.82) is 0 Å². The number of fused-ring (bicyclic) bond motifs is 1. The topological polar surface area (TPSA) is 90.0 Å². The number of hydrogen-bond donors (Lipinski definition) is 2. The summed E-state index contributed by atoms with van der Waals surface area (Å²) < 4.78 is 0. The van der Waals surface area contributed by atoms with Crippen molar-refractivity contribution in [3.63, 3.8) is 0 Å². The molecule has 0 spiro atoms. The number of rotatable bonds is 2. The van der Waals surface area contributed by atoms with Crippen molar-refractivity contribution >= 4 is 23.6 Å². The third-order valence-corrected chi connectivity index (χ3v) is 4.95. The number of likely N-dealkylation sites (N-methyl/N-ethyl adjacent to an activating group) is 1. The van der Waals surface area contributed by atoms with E-state index in [2.05, 4.69) is 5.32 Å². The zero-order valence-corrected chi connectivity index (χ0v) is 14.5. The lowest BCUT2D eigenvalue weighted by Gasteiger charge is -2.34. The van der Waals surface area contributed by atoms with Gasteiger partial charge in [0.2, 0.25) is 0 Å². The lowest BCUT2D eigenvalue weighted by molar-refractivity contribution is -0.143. The van der Waals surface area contributed by atoms with E-state index in [9.17, 15) is 19.5 Å². The normalized spacial score (nSPS) is 23.2.